The monoisotopic (exact) mass is 366 g/mol. The summed E-state index contributed by atoms with van der Waals surface area (Å²) in [6.07, 6.45) is 4.74. The number of imide groups is 1. The molecule has 25 heavy (non-hydrogen) atoms. The molecule has 1 N–H and O–H groups in total. The summed E-state index contributed by atoms with van der Waals surface area (Å²) in [5.74, 6) is -1.25. The molecule has 1 aliphatic heterocycles. The van der Waals surface area contributed by atoms with Gasteiger partial charge in [-0.15, -0.1) is 0 Å². The molecular formula is C18H20ClFN2O3. The van der Waals surface area contributed by atoms with Crippen LogP contribution >= 0.6 is 11.6 Å². The van der Waals surface area contributed by atoms with Crippen molar-refractivity contribution in [2.75, 3.05) is 6.54 Å². The molecule has 1 heterocycles. The molecule has 1 atom stereocenters. The quantitative estimate of drug-likeness (QED) is 0.830. The van der Waals surface area contributed by atoms with Crippen molar-refractivity contribution in [3.63, 3.8) is 0 Å². The van der Waals surface area contributed by atoms with Crippen LogP contribution in [0.2, 0.25) is 5.02 Å². The van der Waals surface area contributed by atoms with E-state index in [-0.39, 0.29) is 23.3 Å². The van der Waals surface area contributed by atoms with Gasteiger partial charge in [0.05, 0.1) is 6.54 Å². The molecule has 0 aromatic heterocycles. The number of ketones is 1. The van der Waals surface area contributed by atoms with Crippen molar-refractivity contribution >= 4 is 29.3 Å². The normalized spacial score (nSPS) is 24.5. The minimum atomic E-state index is -1.41. The molecular weight excluding hydrogens is 347 g/mol. The van der Waals surface area contributed by atoms with E-state index in [1.807, 2.05) is 0 Å². The lowest BCUT2D eigenvalue weighted by molar-refractivity contribution is -0.135. The Morgan fingerprint density at radius 3 is 2.64 bits per heavy atom. The van der Waals surface area contributed by atoms with Crippen LogP contribution in [0.15, 0.2) is 18.2 Å². The van der Waals surface area contributed by atoms with E-state index in [1.165, 1.54) is 19.1 Å². The predicted octanol–water partition coefficient (Wildman–Crippen LogP) is 3.40. The molecule has 2 aliphatic rings. The Morgan fingerprint density at radius 1 is 1.32 bits per heavy atom. The summed E-state index contributed by atoms with van der Waals surface area (Å²) in [5, 5.41) is 2.65. The fourth-order valence-electron chi connectivity index (χ4n) is 3.63. The van der Waals surface area contributed by atoms with Gasteiger partial charge >= 0.3 is 6.03 Å². The number of carbonyl (C=O) groups is 3. The number of Topliss-reactive ketones (excluding diaryl/α,β-unsaturated/α-hetero) is 1. The van der Waals surface area contributed by atoms with Gasteiger partial charge in [-0.2, -0.15) is 0 Å². The lowest BCUT2D eigenvalue weighted by atomic mass is 9.86. The molecule has 2 fully saturated rings. The second-order valence-electron chi connectivity index (χ2n) is 6.87. The van der Waals surface area contributed by atoms with Gasteiger partial charge in [-0.05, 0) is 31.9 Å². The average molecular weight is 367 g/mol. The van der Waals surface area contributed by atoms with Crippen molar-refractivity contribution in [1.29, 1.82) is 0 Å². The van der Waals surface area contributed by atoms with Crippen LogP contribution in [0.1, 0.15) is 44.6 Å². The highest BCUT2D eigenvalue weighted by molar-refractivity contribution is 6.32. The number of carbonyl (C=O) groups excluding carboxylic acids is 3. The molecule has 1 unspecified atom stereocenters. The number of rotatable bonds is 4. The highest BCUT2D eigenvalue weighted by Crippen LogP contribution is 2.34. The maximum absolute atomic E-state index is 13.3. The van der Waals surface area contributed by atoms with Crippen molar-refractivity contribution in [2.24, 2.45) is 5.92 Å². The summed E-state index contributed by atoms with van der Waals surface area (Å²) in [4.78, 5) is 38.5. The Labute approximate surface area is 150 Å². The number of urea groups is 1. The Bertz CT molecular complexity index is 733. The van der Waals surface area contributed by atoms with Crippen molar-refractivity contribution in [2.45, 2.75) is 44.6 Å². The number of hydrogen-bond acceptors (Lipinski definition) is 3. The van der Waals surface area contributed by atoms with Crippen LogP contribution in [0, 0.1) is 11.7 Å². The first-order valence-corrected chi connectivity index (χ1v) is 8.83. The molecule has 3 rings (SSSR count). The number of amides is 3. The van der Waals surface area contributed by atoms with Crippen LogP contribution in [0.25, 0.3) is 0 Å². The Balaban J connectivity index is 1.80. The first-order chi connectivity index (χ1) is 11.8. The second-order valence-corrected chi connectivity index (χ2v) is 7.28. The second kappa shape index (κ2) is 6.75. The van der Waals surface area contributed by atoms with Crippen molar-refractivity contribution in [3.8, 4) is 0 Å². The Hall–Kier alpha value is -1.95. The molecule has 0 bridgehead atoms. The molecule has 1 aromatic rings. The number of halogens is 2. The van der Waals surface area contributed by atoms with Gasteiger partial charge in [-0.1, -0.05) is 36.9 Å². The summed E-state index contributed by atoms with van der Waals surface area (Å²) in [6, 6.07) is 3.03. The molecule has 3 amide bonds. The molecule has 0 spiro atoms. The van der Waals surface area contributed by atoms with Gasteiger partial charge in [-0.25, -0.2) is 9.18 Å². The number of benzene rings is 1. The van der Waals surface area contributed by atoms with E-state index >= 15 is 0 Å². The molecule has 1 saturated carbocycles. The van der Waals surface area contributed by atoms with Gasteiger partial charge < -0.3 is 5.32 Å². The highest BCUT2D eigenvalue weighted by atomic mass is 35.5. The summed E-state index contributed by atoms with van der Waals surface area (Å²) in [6.45, 7) is 1.28. The smallest absolute Gasteiger partial charge is 0.319 e. The molecule has 134 valence electrons. The van der Waals surface area contributed by atoms with E-state index in [2.05, 4.69) is 5.32 Å². The van der Waals surface area contributed by atoms with E-state index < -0.39 is 23.3 Å². The zero-order chi connectivity index (χ0) is 18.2. The largest absolute Gasteiger partial charge is 0.325 e. The summed E-state index contributed by atoms with van der Waals surface area (Å²) in [5.41, 5.74) is -1.10. The maximum atomic E-state index is 13.3. The van der Waals surface area contributed by atoms with E-state index in [0.29, 0.717) is 5.56 Å². The van der Waals surface area contributed by atoms with Crippen molar-refractivity contribution in [1.82, 2.24) is 10.2 Å². The number of hydrogen-bond donors (Lipinski definition) is 1. The van der Waals surface area contributed by atoms with E-state index in [1.54, 1.807) is 0 Å². The molecule has 5 nitrogen and oxygen atoms in total. The summed E-state index contributed by atoms with van der Waals surface area (Å²) >= 11 is 6.06. The third-order valence-electron chi connectivity index (χ3n) is 5.12. The zero-order valence-corrected chi connectivity index (χ0v) is 14.7. The minimum absolute atomic E-state index is 0.0524. The third kappa shape index (κ3) is 3.27. The Morgan fingerprint density at radius 2 is 2.00 bits per heavy atom. The van der Waals surface area contributed by atoms with E-state index in [9.17, 15) is 18.8 Å². The fraction of sp³-hybridized carbons (Fsp3) is 0.500. The van der Waals surface area contributed by atoms with Crippen molar-refractivity contribution in [3.05, 3.63) is 34.6 Å². The zero-order valence-electron chi connectivity index (χ0n) is 14.0. The summed E-state index contributed by atoms with van der Waals surface area (Å²) < 4.78 is 13.3. The highest BCUT2D eigenvalue weighted by Gasteiger charge is 2.50. The van der Waals surface area contributed by atoms with Gasteiger partial charge in [-0.3, -0.25) is 14.5 Å². The van der Waals surface area contributed by atoms with E-state index in [4.69, 9.17) is 11.6 Å². The number of nitrogens with zero attached hydrogens (tertiary/aromatic N) is 1. The van der Waals surface area contributed by atoms with Gasteiger partial charge in [0, 0.05) is 16.5 Å². The average Bonchev–Trinajstić information content (AvgIpc) is 2.79. The van der Waals surface area contributed by atoms with Crippen LogP contribution in [0.3, 0.4) is 0 Å². The van der Waals surface area contributed by atoms with Crippen LogP contribution in [0.5, 0.6) is 0 Å². The third-order valence-corrected chi connectivity index (χ3v) is 5.43. The molecule has 7 heteroatoms. The summed E-state index contributed by atoms with van der Waals surface area (Å²) in [7, 11) is 0. The standard InChI is InChI=1S/C18H20ClFN2O3/c1-18(13-8-7-12(20)9-14(13)19)16(24)22(17(25)21-18)10-15(23)11-5-3-2-4-6-11/h7-9,11H,2-6,10H2,1H3,(H,21,25). The van der Waals surface area contributed by atoms with E-state index in [0.717, 1.165) is 43.1 Å². The van der Waals surface area contributed by atoms with Crippen LogP contribution < -0.4 is 5.32 Å². The first-order valence-electron chi connectivity index (χ1n) is 8.45. The van der Waals surface area contributed by atoms with Crippen LogP contribution in [-0.4, -0.2) is 29.2 Å². The van der Waals surface area contributed by atoms with Gasteiger partial charge in [0.15, 0.2) is 5.78 Å². The van der Waals surface area contributed by atoms with Gasteiger partial charge in [0.25, 0.3) is 5.91 Å². The minimum Gasteiger partial charge on any atom is -0.319 e. The Kier molecular flexibility index (Phi) is 4.82. The first kappa shape index (κ1) is 17.9. The molecule has 1 aromatic carbocycles. The van der Waals surface area contributed by atoms with Gasteiger partial charge in [0.2, 0.25) is 0 Å². The predicted molar refractivity (Wildman–Crippen MR) is 90.6 cm³/mol. The van der Waals surface area contributed by atoms with Crippen molar-refractivity contribution < 1.29 is 18.8 Å². The maximum Gasteiger partial charge on any atom is 0.325 e. The van der Waals surface area contributed by atoms with Gasteiger partial charge in [0.1, 0.15) is 11.4 Å². The molecule has 1 saturated heterocycles. The lowest BCUT2D eigenvalue weighted by Gasteiger charge is -2.24. The number of nitrogens with one attached hydrogen (secondary N) is 1. The fourth-order valence-corrected chi connectivity index (χ4v) is 3.98. The lowest BCUT2D eigenvalue weighted by Crippen LogP contribution is -2.42. The topological polar surface area (TPSA) is 66.5 Å². The molecule has 0 radical (unpaired) electrons. The SMILES string of the molecule is CC1(c2ccc(F)cc2Cl)NC(=O)N(CC(=O)C2CCCCC2)C1=O. The molecule has 1 aliphatic carbocycles. The van der Waals surface area contributed by atoms with Crippen LogP contribution in [-0.2, 0) is 15.1 Å². The van der Waals surface area contributed by atoms with Crippen LogP contribution in [0.4, 0.5) is 9.18 Å².